The molecule has 0 unspecified atom stereocenters. The Morgan fingerprint density at radius 3 is 2.52 bits per heavy atom. The third-order valence-corrected chi connectivity index (χ3v) is 5.65. The summed E-state index contributed by atoms with van der Waals surface area (Å²) in [6.45, 7) is 0.872. The van der Waals surface area contributed by atoms with Crippen LogP contribution >= 0.6 is 15.9 Å². The Labute approximate surface area is 184 Å². The van der Waals surface area contributed by atoms with E-state index in [9.17, 15) is 18.0 Å². The smallest absolute Gasteiger partial charge is 0.339 e. The zero-order chi connectivity index (χ0) is 22.0. The normalized spacial score (nSPS) is 15.2. The maximum Gasteiger partial charge on any atom is 0.416 e. The van der Waals surface area contributed by atoms with Crippen molar-refractivity contribution in [2.75, 3.05) is 18.4 Å². The van der Waals surface area contributed by atoms with E-state index in [1.54, 1.807) is 4.90 Å². The molecule has 2 amide bonds. The molecule has 1 fully saturated rings. The molecule has 10 heteroatoms. The first-order valence-corrected chi connectivity index (χ1v) is 10.4. The van der Waals surface area contributed by atoms with Crippen LogP contribution in [0.25, 0.3) is 11.4 Å². The molecule has 162 valence electrons. The van der Waals surface area contributed by atoms with Crippen LogP contribution in [0.1, 0.15) is 30.2 Å². The summed E-state index contributed by atoms with van der Waals surface area (Å²) < 4.78 is 44.9. The predicted octanol–water partition coefficient (Wildman–Crippen LogP) is 5.93. The lowest BCUT2D eigenvalue weighted by atomic mass is 9.97. The van der Waals surface area contributed by atoms with Crippen LogP contribution < -0.4 is 5.32 Å². The number of halogens is 4. The average molecular weight is 495 g/mol. The average Bonchev–Trinajstić information content (AvgIpc) is 3.24. The SMILES string of the molecule is O=C(Nc1cccc(C(F)(F)F)c1)N1CCC(c2nc(-c3ccc(Br)cc3)no2)CC1. The van der Waals surface area contributed by atoms with Gasteiger partial charge in [0.15, 0.2) is 0 Å². The number of likely N-dealkylation sites (tertiary alicyclic amines) is 1. The summed E-state index contributed by atoms with van der Waals surface area (Å²) in [4.78, 5) is 18.5. The first-order valence-electron chi connectivity index (χ1n) is 9.62. The molecule has 0 aliphatic carbocycles. The van der Waals surface area contributed by atoms with E-state index in [1.165, 1.54) is 12.1 Å². The molecule has 1 aliphatic heterocycles. The molecule has 1 saturated heterocycles. The fraction of sp³-hybridized carbons (Fsp3) is 0.286. The molecule has 0 atom stereocenters. The first kappa shape index (κ1) is 21.4. The zero-order valence-corrected chi connectivity index (χ0v) is 17.8. The Hall–Kier alpha value is -2.88. The fourth-order valence-corrected chi connectivity index (χ4v) is 3.69. The molecule has 6 nitrogen and oxygen atoms in total. The van der Waals surface area contributed by atoms with E-state index in [-0.39, 0.29) is 11.6 Å². The molecule has 0 saturated carbocycles. The highest BCUT2D eigenvalue weighted by atomic mass is 79.9. The van der Waals surface area contributed by atoms with Crippen LogP contribution in [-0.4, -0.2) is 34.2 Å². The Balaban J connectivity index is 1.35. The van der Waals surface area contributed by atoms with Gasteiger partial charge in [-0.1, -0.05) is 27.2 Å². The molecule has 3 aromatic rings. The quantitative estimate of drug-likeness (QED) is 0.489. The Morgan fingerprint density at radius 1 is 1.13 bits per heavy atom. The standard InChI is InChI=1S/C21H18BrF3N4O2/c22-16-6-4-13(5-7-16)18-27-19(31-28-18)14-8-10-29(11-9-14)20(30)26-17-3-1-2-15(12-17)21(23,24)25/h1-7,12,14H,8-11H2,(H,26,30). The summed E-state index contributed by atoms with van der Waals surface area (Å²) in [5.74, 6) is 1.05. The van der Waals surface area contributed by atoms with Gasteiger partial charge in [0.1, 0.15) is 0 Å². The number of rotatable bonds is 3. The number of hydrogen-bond donors (Lipinski definition) is 1. The lowest BCUT2D eigenvalue weighted by molar-refractivity contribution is -0.137. The van der Waals surface area contributed by atoms with Gasteiger partial charge in [0.2, 0.25) is 11.7 Å². The number of carbonyl (C=O) groups is 1. The van der Waals surface area contributed by atoms with Crippen LogP contribution in [0.2, 0.25) is 0 Å². The van der Waals surface area contributed by atoms with Gasteiger partial charge >= 0.3 is 12.2 Å². The summed E-state index contributed by atoms with van der Waals surface area (Å²) in [5.41, 5.74) is 0.149. The van der Waals surface area contributed by atoms with E-state index in [2.05, 4.69) is 31.4 Å². The van der Waals surface area contributed by atoms with Gasteiger partial charge in [0.25, 0.3) is 0 Å². The Bertz CT molecular complexity index is 1060. The van der Waals surface area contributed by atoms with Crippen LogP contribution in [0.15, 0.2) is 57.5 Å². The third-order valence-electron chi connectivity index (χ3n) is 5.12. The van der Waals surface area contributed by atoms with E-state index in [1.807, 2.05) is 24.3 Å². The highest BCUT2D eigenvalue weighted by molar-refractivity contribution is 9.10. The summed E-state index contributed by atoms with van der Waals surface area (Å²) in [6, 6.07) is 11.7. The second-order valence-electron chi connectivity index (χ2n) is 7.23. The van der Waals surface area contributed by atoms with Crippen molar-refractivity contribution in [3.63, 3.8) is 0 Å². The van der Waals surface area contributed by atoms with Crippen molar-refractivity contribution < 1.29 is 22.5 Å². The lowest BCUT2D eigenvalue weighted by Gasteiger charge is -2.30. The van der Waals surface area contributed by atoms with Crippen molar-refractivity contribution in [3.05, 3.63) is 64.5 Å². The van der Waals surface area contributed by atoms with E-state index < -0.39 is 17.8 Å². The second-order valence-corrected chi connectivity index (χ2v) is 8.15. The van der Waals surface area contributed by atoms with E-state index in [0.29, 0.717) is 37.6 Å². The van der Waals surface area contributed by atoms with Crippen LogP contribution in [0.4, 0.5) is 23.7 Å². The number of benzene rings is 2. The minimum Gasteiger partial charge on any atom is -0.339 e. The van der Waals surface area contributed by atoms with Crippen molar-refractivity contribution in [1.29, 1.82) is 0 Å². The number of urea groups is 1. The molecule has 2 heterocycles. The summed E-state index contributed by atoms with van der Waals surface area (Å²) in [5, 5.41) is 6.58. The number of carbonyl (C=O) groups excluding carboxylic acids is 1. The van der Waals surface area contributed by atoms with Crippen LogP contribution in [-0.2, 0) is 6.18 Å². The number of anilines is 1. The number of hydrogen-bond acceptors (Lipinski definition) is 4. The minimum absolute atomic E-state index is 0.0225. The van der Waals surface area contributed by atoms with Gasteiger partial charge in [-0.2, -0.15) is 18.2 Å². The minimum atomic E-state index is -4.46. The van der Waals surface area contributed by atoms with Gasteiger partial charge in [-0.05, 0) is 55.3 Å². The number of alkyl halides is 3. The van der Waals surface area contributed by atoms with Gasteiger partial charge < -0.3 is 14.7 Å². The number of nitrogens with zero attached hydrogens (tertiary/aromatic N) is 3. The van der Waals surface area contributed by atoms with Gasteiger partial charge in [0.05, 0.1) is 5.56 Å². The van der Waals surface area contributed by atoms with Crippen molar-refractivity contribution in [2.45, 2.75) is 24.9 Å². The Kier molecular flexibility index (Phi) is 5.99. The first-order chi connectivity index (χ1) is 14.8. The number of nitrogens with one attached hydrogen (secondary N) is 1. The molecule has 0 bridgehead atoms. The molecule has 0 spiro atoms. The molecule has 1 aliphatic rings. The van der Waals surface area contributed by atoms with Crippen LogP contribution in [0.3, 0.4) is 0 Å². The molecular formula is C21H18BrF3N4O2. The maximum atomic E-state index is 12.8. The molecular weight excluding hydrogens is 477 g/mol. The van der Waals surface area contributed by atoms with E-state index in [0.717, 1.165) is 22.2 Å². The number of amides is 2. The van der Waals surface area contributed by atoms with Crippen molar-refractivity contribution in [3.8, 4) is 11.4 Å². The van der Waals surface area contributed by atoms with E-state index >= 15 is 0 Å². The number of aromatic nitrogens is 2. The third kappa shape index (κ3) is 5.07. The maximum absolute atomic E-state index is 12.8. The summed E-state index contributed by atoms with van der Waals surface area (Å²) in [7, 11) is 0. The largest absolute Gasteiger partial charge is 0.416 e. The highest BCUT2D eigenvalue weighted by Gasteiger charge is 2.31. The molecule has 2 aromatic carbocycles. The van der Waals surface area contributed by atoms with Gasteiger partial charge in [0, 0.05) is 34.7 Å². The van der Waals surface area contributed by atoms with Crippen molar-refractivity contribution >= 4 is 27.6 Å². The summed E-state index contributed by atoms with van der Waals surface area (Å²) >= 11 is 3.38. The summed E-state index contributed by atoms with van der Waals surface area (Å²) in [6.07, 6.45) is -3.21. The lowest BCUT2D eigenvalue weighted by Crippen LogP contribution is -2.40. The number of piperidine rings is 1. The second kappa shape index (κ2) is 8.70. The monoisotopic (exact) mass is 494 g/mol. The van der Waals surface area contributed by atoms with Gasteiger partial charge in [-0.3, -0.25) is 0 Å². The fourth-order valence-electron chi connectivity index (χ4n) is 3.42. The molecule has 31 heavy (non-hydrogen) atoms. The van der Waals surface area contributed by atoms with Crippen LogP contribution in [0.5, 0.6) is 0 Å². The molecule has 0 radical (unpaired) electrons. The topological polar surface area (TPSA) is 71.3 Å². The predicted molar refractivity (Wildman–Crippen MR) is 111 cm³/mol. The Morgan fingerprint density at radius 2 is 1.84 bits per heavy atom. The van der Waals surface area contributed by atoms with E-state index in [4.69, 9.17) is 4.52 Å². The van der Waals surface area contributed by atoms with Crippen molar-refractivity contribution in [1.82, 2.24) is 15.0 Å². The highest BCUT2D eigenvalue weighted by Crippen LogP contribution is 2.32. The molecule has 4 rings (SSSR count). The van der Waals surface area contributed by atoms with Crippen LogP contribution in [0, 0.1) is 0 Å². The van der Waals surface area contributed by atoms with Gasteiger partial charge in [-0.25, -0.2) is 4.79 Å². The zero-order valence-electron chi connectivity index (χ0n) is 16.2. The van der Waals surface area contributed by atoms with Gasteiger partial charge in [-0.15, -0.1) is 0 Å². The molecule has 1 N–H and O–H groups in total. The molecule has 1 aromatic heterocycles. The van der Waals surface area contributed by atoms with Crippen molar-refractivity contribution in [2.24, 2.45) is 0 Å².